The number of amides is 4. The van der Waals surface area contributed by atoms with Crippen LogP contribution in [0.25, 0.3) is 6.08 Å². The van der Waals surface area contributed by atoms with Crippen LogP contribution in [0.1, 0.15) is 12.5 Å². The Morgan fingerprint density at radius 2 is 1.88 bits per heavy atom. The Morgan fingerprint density at radius 1 is 1.19 bits per heavy atom. The van der Waals surface area contributed by atoms with Crippen molar-refractivity contribution in [2.24, 2.45) is 0 Å². The van der Waals surface area contributed by atoms with Crippen molar-refractivity contribution in [3.05, 3.63) is 57.0 Å². The first-order chi connectivity index (χ1) is 15.2. The van der Waals surface area contributed by atoms with Crippen LogP contribution in [-0.4, -0.2) is 42.1 Å². The number of hydrogen-bond acceptors (Lipinski definition) is 6. The van der Waals surface area contributed by atoms with Crippen molar-refractivity contribution in [2.45, 2.75) is 6.92 Å². The number of benzene rings is 2. The highest BCUT2D eigenvalue weighted by Crippen LogP contribution is 2.37. The zero-order chi connectivity index (χ0) is 23.4. The third kappa shape index (κ3) is 5.09. The second-order valence-corrected chi connectivity index (χ2v) is 7.70. The molecule has 1 saturated heterocycles. The van der Waals surface area contributed by atoms with E-state index in [2.05, 4.69) is 21.2 Å². The van der Waals surface area contributed by atoms with E-state index in [1.807, 2.05) is 0 Å². The highest BCUT2D eigenvalue weighted by Gasteiger charge is 2.36. The summed E-state index contributed by atoms with van der Waals surface area (Å²) in [5.74, 6) is -2.73. The predicted molar refractivity (Wildman–Crippen MR) is 119 cm³/mol. The average Bonchev–Trinajstić information content (AvgIpc) is 2.72. The van der Waals surface area contributed by atoms with Gasteiger partial charge in [0, 0.05) is 4.47 Å². The van der Waals surface area contributed by atoms with Crippen LogP contribution in [-0.2, 0) is 14.4 Å². The van der Waals surface area contributed by atoms with E-state index >= 15 is 0 Å². The van der Waals surface area contributed by atoms with Crippen molar-refractivity contribution >= 4 is 63.1 Å². The van der Waals surface area contributed by atoms with Gasteiger partial charge in [-0.05, 0) is 55.0 Å². The average molecular weight is 524 g/mol. The molecule has 0 saturated carbocycles. The van der Waals surface area contributed by atoms with Crippen LogP contribution < -0.4 is 19.7 Å². The van der Waals surface area contributed by atoms with Gasteiger partial charge in [0.15, 0.2) is 18.1 Å². The Hall–Kier alpha value is -3.37. The highest BCUT2D eigenvalue weighted by atomic mass is 79.9. The molecule has 3 rings (SSSR count). The molecule has 166 valence electrons. The van der Waals surface area contributed by atoms with E-state index in [1.165, 1.54) is 18.2 Å². The predicted octanol–water partition coefficient (Wildman–Crippen LogP) is 3.63. The number of urea groups is 1. The van der Waals surface area contributed by atoms with Gasteiger partial charge in [0.1, 0.15) is 5.57 Å². The van der Waals surface area contributed by atoms with Gasteiger partial charge in [-0.3, -0.25) is 14.9 Å². The molecular weight excluding hydrogens is 508 g/mol. The van der Waals surface area contributed by atoms with Gasteiger partial charge in [0.2, 0.25) is 0 Å². The summed E-state index contributed by atoms with van der Waals surface area (Å²) in [6, 6.07) is 8.36. The number of aliphatic carboxylic acids is 1. The molecule has 2 aromatic carbocycles. The number of barbiturate groups is 1. The molecule has 0 spiro atoms. The molecule has 0 aromatic heterocycles. The van der Waals surface area contributed by atoms with Crippen molar-refractivity contribution in [1.82, 2.24) is 5.32 Å². The molecule has 0 atom stereocenters. The first kappa shape index (κ1) is 23.3. The summed E-state index contributed by atoms with van der Waals surface area (Å²) < 4.78 is 11.4. The molecule has 0 unspecified atom stereocenters. The number of nitrogens with zero attached hydrogens (tertiary/aromatic N) is 1. The molecule has 1 fully saturated rings. The summed E-state index contributed by atoms with van der Waals surface area (Å²) in [5, 5.41) is 11.0. The first-order valence-corrected chi connectivity index (χ1v) is 10.4. The lowest BCUT2D eigenvalue weighted by Gasteiger charge is -2.26. The van der Waals surface area contributed by atoms with E-state index in [9.17, 15) is 19.2 Å². The molecule has 11 heteroatoms. The summed E-state index contributed by atoms with van der Waals surface area (Å²) >= 11 is 9.50. The molecule has 2 aromatic rings. The minimum Gasteiger partial charge on any atom is -0.490 e. The molecule has 0 radical (unpaired) electrons. The van der Waals surface area contributed by atoms with Gasteiger partial charge >= 0.3 is 12.0 Å². The Bertz CT molecular complexity index is 1130. The first-order valence-electron chi connectivity index (χ1n) is 9.19. The normalized spacial score (nSPS) is 15.0. The maximum Gasteiger partial charge on any atom is 0.341 e. The lowest BCUT2D eigenvalue weighted by molar-refractivity contribution is -0.139. The number of nitrogens with one attached hydrogen (secondary N) is 1. The van der Waals surface area contributed by atoms with E-state index in [4.69, 9.17) is 26.2 Å². The fourth-order valence-electron chi connectivity index (χ4n) is 2.86. The minimum atomic E-state index is -1.20. The molecule has 1 aliphatic heterocycles. The number of anilines is 1. The Kier molecular flexibility index (Phi) is 7.16. The molecule has 9 nitrogen and oxygen atoms in total. The van der Waals surface area contributed by atoms with Crippen molar-refractivity contribution < 1.29 is 33.8 Å². The van der Waals surface area contributed by atoms with Crippen LogP contribution >= 0.6 is 27.5 Å². The van der Waals surface area contributed by atoms with Crippen molar-refractivity contribution in [2.75, 3.05) is 18.1 Å². The Morgan fingerprint density at radius 3 is 2.50 bits per heavy atom. The van der Waals surface area contributed by atoms with Gasteiger partial charge in [-0.1, -0.05) is 27.5 Å². The molecule has 4 amide bonds. The van der Waals surface area contributed by atoms with Crippen LogP contribution in [0.2, 0.25) is 5.02 Å². The fraction of sp³-hybridized carbons (Fsp3) is 0.143. The molecule has 2 N–H and O–H groups in total. The zero-order valence-corrected chi connectivity index (χ0v) is 18.9. The van der Waals surface area contributed by atoms with Gasteiger partial charge in [0.25, 0.3) is 11.8 Å². The SMILES string of the molecule is CCOc1cc(/C=C2\C(=O)NC(=O)N(c3ccc(Br)cc3)C2=O)cc(Cl)c1OCC(=O)O. The topological polar surface area (TPSA) is 122 Å². The van der Waals surface area contributed by atoms with Crippen LogP contribution in [0.15, 0.2) is 46.4 Å². The third-order valence-corrected chi connectivity index (χ3v) is 4.98. The van der Waals surface area contributed by atoms with E-state index in [-0.39, 0.29) is 34.4 Å². The lowest BCUT2D eigenvalue weighted by atomic mass is 10.1. The summed E-state index contributed by atoms with van der Waals surface area (Å²) in [6.07, 6.45) is 1.26. The number of rotatable bonds is 7. The van der Waals surface area contributed by atoms with Crippen LogP contribution in [0.5, 0.6) is 11.5 Å². The molecule has 0 aliphatic carbocycles. The van der Waals surface area contributed by atoms with Crippen LogP contribution in [0.3, 0.4) is 0 Å². The number of carboxylic acids is 1. The number of carbonyl (C=O) groups is 4. The monoisotopic (exact) mass is 522 g/mol. The van der Waals surface area contributed by atoms with Gasteiger partial charge in [-0.25, -0.2) is 14.5 Å². The number of carbonyl (C=O) groups excluding carboxylic acids is 3. The summed E-state index contributed by atoms with van der Waals surface area (Å²) in [4.78, 5) is 49.3. The van der Waals surface area contributed by atoms with E-state index in [1.54, 1.807) is 31.2 Å². The summed E-state index contributed by atoms with van der Waals surface area (Å²) in [6.45, 7) is 1.30. The minimum absolute atomic E-state index is 0.0177. The zero-order valence-electron chi connectivity index (χ0n) is 16.6. The van der Waals surface area contributed by atoms with E-state index < -0.39 is 30.4 Å². The highest BCUT2D eigenvalue weighted by molar-refractivity contribution is 9.10. The molecule has 1 aliphatic rings. The Labute approximate surface area is 195 Å². The van der Waals surface area contributed by atoms with Gasteiger partial charge in [0.05, 0.1) is 17.3 Å². The van der Waals surface area contributed by atoms with Crippen molar-refractivity contribution in [3.8, 4) is 11.5 Å². The smallest absolute Gasteiger partial charge is 0.341 e. The second kappa shape index (κ2) is 9.84. The van der Waals surface area contributed by atoms with Gasteiger partial charge < -0.3 is 14.6 Å². The van der Waals surface area contributed by atoms with Gasteiger partial charge in [-0.2, -0.15) is 0 Å². The summed E-state index contributed by atoms with van der Waals surface area (Å²) in [7, 11) is 0. The number of hydrogen-bond donors (Lipinski definition) is 2. The maximum absolute atomic E-state index is 13.0. The van der Waals surface area contributed by atoms with Crippen LogP contribution in [0.4, 0.5) is 10.5 Å². The number of ether oxygens (including phenoxy) is 2. The van der Waals surface area contributed by atoms with E-state index in [0.29, 0.717) is 5.56 Å². The number of carboxylic acid groups (broad SMARTS) is 1. The third-order valence-electron chi connectivity index (χ3n) is 4.17. The molecule has 32 heavy (non-hydrogen) atoms. The standard InChI is InChI=1S/C21H16BrClN2O7/c1-2-31-16-9-11(8-15(23)18(16)32-10-17(26)27)7-14-19(28)24-21(30)25(20(14)29)13-5-3-12(22)4-6-13/h3-9H,2,10H2,1H3,(H,26,27)(H,24,28,30)/b14-7+. The number of imide groups is 2. The maximum atomic E-state index is 13.0. The quantitative estimate of drug-likeness (QED) is 0.420. The molecular formula is C21H16BrClN2O7. The summed E-state index contributed by atoms with van der Waals surface area (Å²) in [5.41, 5.74) is 0.287. The van der Waals surface area contributed by atoms with Crippen molar-refractivity contribution in [3.63, 3.8) is 0 Å². The second-order valence-electron chi connectivity index (χ2n) is 6.38. The molecule has 1 heterocycles. The largest absolute Gasteiger partial charge is 0.490 e. The number of halogens is 2. The van der Waals surface area contributed by atoms with Crippen molar-refractivity contribution in [1.29, 1.82) is 0 Å². The molecule has 0 bridgehead atoms. The fourth-order valence-corrected chi connectivity index (χ4v) is 3.39. The van der Waals surface area contributed by atoms with Crippen LogP contribution in [0, 0.1) is 0 Å². The Balaban J connectivity index is 2.00. The van der Waals surface area contributed by atoms with E-state index in [0.717, 1.165) is 9.37 Å². The van der Waals surface area contributed by atoms with Gasteiger partial charge in [-0.15, -0.1) is 0 Å². The lowest BCUT2D eigenvalue weighted by Crippen LogP contribution is -2.54.